The van der Waals surface area contributed by atoms with Crippen LogP contribution >= 0.6 is 22.7 Å². The Morgan fingerprint density at radius 2 is 1.89 bits per heavy atom. The lowest BCUT2D eigenvalue weighted by atomic mass is 10.2. The summed E-state index contributed by atoms with van der Waals surface area (Å²) in [6.45, 7) is -0.0868. The molecule has 1 atom stereocenters. The summed E-state index contributed by atoms with van der Waals surface area (Å²) in [5.41, 5.74) is 0.526. The molecule has 0 radical (unpaired) electrons. The Bertz CT molecular complexity index is 990. The first-order valence-corrected chi connectivity index (χ1v) is 9.68. The number of thiophene rings is 2. The number of nitrogens with zero attached hydrogens (tertiary/aromatic N) is 1. The van der Waals surface area contributed by atoms with Crippen LogP contribution in [0.3, 0.4) is 0 Å². The number of aliphatic hydroxyl groups is 1. The van der Waals surface area contributed by atoms with Crippen molar-refractivity contribution in [2.75, 3.05) is 11.9 Å². The Hall–Kier alpha value is -2.99. The molecule has 3 rings (SSSR count). The van der Waals surface area contributed by atoms with Crippen LogP contribution in [-0.2, 0) is 9.59 Å². The van der Waals surface area contributed by atoms with Gasteiger partial charge in [-0.3, -0.25) is 9.59 Å². The predicted octanol–water partition coefficient (Wildman–Crippen LogP) is 3.14. The van der Waals surface area contributed by atoms with E-state index in [1.807, 2.05) is 29.6 Å². The SMILES string of the molecule is N#Cc1ccccc1NC(=O)C(=O)NCC(O)c1ccc(-c2cccs2)s1. The van der Waals surface area contributed by atoms with Gasteiger partial charge in [0.15, 0.2) is 0 Å². The lowest BCUT2D eigenvalue weighted by Gasteiger charge is -2.11. The van der Waals surface area contributed by atoms with Gasteiger partial charge in [0.25, 0.3) is 0 Å². The van der Waals surface area contributed by atoms with Crippen LogP contribution in [0.4, 0.5) is 5.69 Å². The van der Waals surface area contributed by atoms with E-state index in [-0.39, 0.29) is 17.8 Å². The summed E-state index contributed by atoms with van der Waals surface area (Å²) in [5.74, 6) is -1.77. The van der Waals surface area contributed by atoms with E-state index < -0.39 is 17.9 Å². The van der Waals surface area contributed by atoms with Gasteiger partial charge in [-0.2, -0.15) is 5.26 Å². The molecule has 6 nitrogen and oxygen atoms in total. The van der Waals surface area contributed by atoms with Crippen LogP contribution in [0.2, 0.25) is 0 Å². The molecule has 0 aliphatic heterocycles. The second-order valence-corrected chi connectivity index (χ2v) is 7.58. The summed E-state index contributed by atoms with van der Waals surface area (Å²) < 4.78 is 0. The van der Waals surface area contributed by atoms with Gasteiger partial charge in [-0.25, -0.2) is 0 Å². The number of carbonyl (C=O) groups excluding carboxylic acids is 2. The first kappa shape index (κ1) is 18.8. The number of amides is 2. The number of nitrogens with one attached hydrogen (secondary N) is 2. The van der Waals surface area contributed by atoms with E-state index in [4.69, 9.17) is 5.26 Å². The molecule has 0 aliphatic carbocycles. The van der Waals surface area contributed by atoms with Crippen LogP contribution in [0.15, 0.2) is 53.9 Å². The van der Waals surface area contributed by atoms with E-state index in [9.17, 15) is 14.7 Å². The third-order valence-electron chi connectivity index (χ3n) is 3.68. The zero-order valence-corrected chi connectivity index (χ0v) is 15.6. The number of carbonyl (C=O) groups is 2. The average molecular weight is 397 g/mol. The van der Waals surface area contributed by atoms with Gasteiger partial charge in [0.1, 0.15) is 12.2 Å². The molecule has 0 spiro atoms. The first-order chi connectivity index (χ1) is 13.1. The summed E-state index contributed by atoms with van der Waals surface area (Å²) in [7, 11) is 0. The second-order valence-electron chi connectivity index (χ2n) is 5.52. The number of aliphatic hydroxyl groups excluding tert-OH is 1. The van der Waals surface area contributed by atoms with Gasteiger partial charge in [-0.05, 0) is 35.7 Å². The highest BCUT2D eigenvalue weighted by Crippen LogP contribution is 2.33. The van der Waals surface area contributed by atoms with Crippen LogP contribution in [0, 0.1) is 11.3 Å². The fraction of sp³-hybridized carbons (Fsp3) is 0.105. The zero-order chi connectivity index (χ0) is 19.2. The molecule has 2 heterocycles. The lowest BCUT2D eigenvalue weighted by Crippen LogP contribution is -2.37. The Morgan fingerprint density at radius 3 is 2.63 bits per heavy atom. The van der Waals surface area contributed by atoms with Crippen molar-refractivity contribution >= 4 is 40.2 Å². The molecule has 0 fully saturated rings. The van der Waals surface area contributed by atoms with Gasteiger partial charge in [0.05, 0.1) is 11.3 Å². The number of benzene rings is 1. The second kappa shape index (κ2) is 8.60. The number of para-hydroxylation sites is 1. The summed E-state index contributed by atoms with van der Waals surface area (Å²) in [6.07, 6.45) is -0.910. The summed E-state index contributed by atoms with van der Waals surface area (Å²) in [6, 6.07) is 16.0. The van der Waals surface area contributed by atoms with Crippen LogP contribution < -0.4 is 10.6 Å². The minimum Gasteiger partial charge on any atom is -0.386 e. The summed E-state index contributed by atoms with van der Waals surface area (Å²) in [4.78, 5) is 26.8. The highest BCUT2D eigenvalue weighted by atomic mass is 32.1. The van der Waals surface area contributed by atoms with E-state index in [1.54, 1.807) is 35.6 Å². The van der Waals surface area contributed by atoms with Gasteiger partial charge >= 0.3 is 11.8 Å². The molecular weight excluding hydrogens is 382 g/mol. The third-order valence-corrected chi connectivity index (χ3v) is 5.93. The van der Waals surface area contributed by atoms with Crippen molar-refractivity contribution < 1.29 is 14.7 Å². The molecule has 1 aromatic carbocycles. The van der Waals surface area contributed by atoms with Crippen LogP contribution in [-0.4, -0.2) is 23.5 Å². The number of hydrogen-bond acceptors (Lipinski definition) is 6. The van der Waals surface area contributed by atoms with E-state index in [1.165, 1.54) is 17.4 Å². The van der Waals surface area contributed by atoms with Gasteiger partial charge in [-0.1, -0.05) is 18.2 Å². The summed E-state index contributed by atoms with van der Waals surface area (Å²) >= 11 is 3.05. The Morgan fingerprint density at radius 1 is 1.07 bits per heavy atom. The quantitative estimate of drug-likeness (QED) is 0.576. The smallest absolute Gasteiger partial charge is 0.313 e. The van der Waals surface area contributed by atoms with Crippen molar-refractivity contribution in [1.29, 1.82) is 5.26 Å². The van der Waals surface area contributed by atoms with Crippen molar-refractivity contribution in [2.45, 2.75) is 6.10 Å². The molecule has 0 bridgehead atoms. The fourth-order valence-electron chi connectivity index (χ4n) is 2.32. The molecule has 3 aromatic rings. The molecule has 1 unspecified atom stereocenters. The Balaban J connectivity index is 1.55. The standard InChI is InChI=1S/C19H15N3O3S2/c20-10-12-4-1-2-5-13(12)22-19(25)18(24)21-11-14(23)15-7-8-17(27-15)16-6-3-9-26-16/h1-9,14,23H,11H2,(H,21,24)(H,22,25). The van der Waals surface area contributed by atoms with Gasteiger partial charge < -0.3 is 15.7 Å². The van der Waals surface area contributed by atoms with Crippen molar-refractivity contribution in [2.24, 2.45) is 0 Å². The number of rotatable bonds is 5. The number of anilines is 1. The number of hydrogen-bond donors (Lipinski definition) is 3. The maximum Gasteiger partial charge on any atom is 0.313 e. The average Bonchev–Trinajstić information content (AvgIpc) is 3.37. The molecule has 136 valence electrons. The van der Waals surface area contributed by atoms with Crippen molar-refractivity contribution in [3.63, 3.8) is 0 Å². The minimum atomic E-state index is -0.910. The van der Waals surface area contributed by atoms with Crippen LogP contribution in [0.1, 0.15) is 16.5 Å². The fourth-order valence-corrected chi connectivity index (χ4v) is 4.15. The molecular formula is C19H15N3O3S2. The first-order valence-electron chi connectivity index (χ1n) is 7.98. The van der Waals surface area contributed by atoms with Gasteiger partial charge in [0.2, 0.25) is 0 Å². The summed E-state index contributed by atoms with van der Waals surface area (Å²) in [5, 5.41) is 26.1. The maximum absolute atomic E-state index is 12.0. The molecule has 0 saturated carbocycles. The highest BCUT2D eigenvalue weighted by molar-refractivity contribution is 7.21. The van der Waals surface area contributed by atoms with Gasteiger partial charge in [0, 0.05) is 21.2 Å². The van der Waals surface area contributed by atoms with E-state index in [2.05, 4.69) is 10.6 Å². The lowest BCUT2D eigenvalue weighted by molar-refractivity contribution is -0.136. The Labute approximate surface area is 163 Å². The topological polar surface area (TPSA) is 102 Å². The van der Waals surface area contributed by atoms with Crippen molar-refractivity contribution in [1.82, 2.24) is 5.32 Å². The van der Waals surface area contributed by atoms with E-state index in [0.717, 1.165) is 9.75 Å². The Kier molecular flexibility index (Phi) is 5.98. The molecule has 3 N–H and O–H groups in total. The maximum atomic E-state index is 12.0. The molecule has 2 aromatic heterocycles. The number of nitriles is 1. The molecule has 0 aliphatic rings. The van der Waals surface area contributed by atoms with E-state index in [0.29, 0.717) is 4.88 Å². The highest BCUT2D eigenvalue weighted by Gasteiger charge is 2.18. The van der Waals surface area contributed by atoms with Crippen molar-refractivity contribution in [3.8, 4) is 15.8 Å². The predicted molar refractivity (Wildman–Crippen MR) is 105 cm³/mol. The molecule has 8 heteroatoms. The molecule has 0 saturated heterocycles. The minimum absolute atomic E-state index is 0.0868. The van der Waals surface area contributed by atoms with Crippen LogP contribution in [0.5, 0.6) is 0 Å². The van der Waals surface area contributed by atoms with Crippen LogP contribution in [0.25, 0.3) is 9.75 Å². The van der Waals surface area contributed by atoms with Crippen molar-refractivity contribution in [3.05, 3.63) is 64.4 Å². The largest absolute Gasteiger partial charge is 0.386 e. The van der Waals surface area contributed by atoms with Gasteiger partial charge in [-0.15, -0.1) is 22.7 Å². The third kappa shape index (κ3) is 4.60. The normalized spacial score (nSPS) is 11.4. The molecule has 2 amide bonds. The molecule has 27 heavy (non-hydrogen) atoms. The van der Waals surface area contributed by atoms with E-state index >= 15 is 0 Å². The zero-order valence-electron chi connectivity index (χ0n) is 14.0. The monoisotopic (exact) mass is 397 g/mol.